The van der Waals surface area contributed by atoms with E-state index in [1.165, 1.54) is 57.8 Å². The Balaban J connectivity index is 2.20. The van der Waals surface area contributed by atoms with Gasteiger partial charge >= 0.3 is 0 Å². The number of hydrogen-bond acceptors (Lipinski definition) is 3. The number of unbranched alkanes of at least 4 members (excludes halogenated alkanes) is 5. The standard InChI is InChI=1S/C17H35NO2/c1-3-4-5-6-7-8-9-17(10-13-20-14-11-17)16-18-12-15-19-2/h18H,3-16H2,1-2H3. The van der Waals surface area contributed by atoms with Crippen LogP contribution in [0.15, 0.2) is 0 Å². The van der Waals surface area contributed by atoms with E-state index in [1.807, 2.05) is 0 Å². The van der Waals surface area contributed by atoms with Crippen molar-refractivity contribution in [2.45, 2.75) is 64.7 Å². The van der Waals surface area contributed by atoms with E-state index >= 15 is 0 Å². The third-order valence-electron chi connectivity index (χ3n) is 4.60. The summed E-state index contributed by atoms with van der Waals surface area (Å²) in [5.74, 6) is 0. The maximum absolute atomic E-state index is 5.56. The van der Waals surface area contributed by atoms with Gasteiger partial charge in [-0.3, -0.25) is 0 Å². The van der Waals surface area contributed by atoms with Crippen molar-refractivity contribution >= 4 is 0 Å². The summed E-state index contributed by atoms with van der Waals surface area (Å²) in [6.45, 7) is 7.08. The zero-order valence-corrected chi connectivity index (χ0v) is 13.7. The van der Waals surface area contributed by atoms with Gasteiger partial charge < -0.3 is 14.8 Å². The summed E-state index contributed by atoms with van der Waals surface area (Å²) in [6.07, 6.45) is 12.2. The van der Waals surface area contributed by atoms with Crippen LogP contribution in [0, 0.1) is 5.41 Å². The van der Waals surface area contributed by atoms with Crippen LogP contribution in [0.1, 0.15) is 64.7 Å². The molecule has 1 saturated heterocycles. The number of hydrogen-bond donors (Lipinski definition) is 1. The summed E-state index contributed by atoms with van der Waals surface area (Å²) in [7, 11) is 1.77. The Morgan fingerprint density at radius 3 is 2.45 bits per heavy atom. The molecule has 1 fully saturated rings. The first-order chi connectivity index (χ1) is 9.83. The minimum Gasteiger partial charge on any atom is -0.383 e. The highest BCUT2D eigenvalue weighted by molar-refractivity contribution is 4.84. The summed E-state index contributed by atoms with van der Waals surface area (Å²) in [6, 6.07) is 0. The molecule has 0 saturated carbocycles. The van der Waals surface area contributed by atoms with Gasteiger partial charge in [-0.05, 0) is 24.7 Å². The van der Waals surface area contributed by atoms with Crippen molar-refractivity contribution in [1.82, 2.24) is 5.32 Å². The average molecular weight is 285 g/mol. The molecule has 0 aliphatic carbocycles. The Morgan fingerprint density at radius 1 is 1.05 bits per heavy atom. The third kappa shape index (κ3) is 7.61. The van der Waals surface area contributed by atoms with Crippen LogP contribution in [0.25, 0.3) is 0 Å². The minimum absolute atomic E-state index is 0.483. The Hall–Kier alpha value is -0.120. The van der Waals surface area contributed by atoms with E-state index in [0.717, 1.165) is 32.9 Å². The molecule has 0 radical (unpaired) electrons. The smallest absolute Gasteiger partial charge is 0.0587 e. The van der Waals surface area contributed by atoms with Crippen LogP contribution in [0.3, 0.4) is 0 Å². The van der Waals surface area contributed by atoms with Gasteiger partial charge in [0.1, 0.15) is 0 Å². The van der Waals surface area contributed by atoms with Crippen LogP contribution >= 0.6 is 0 Å². The molecule has 0 aromatic rings. The topological polar surface area (TPSA) is 30.5 Å². The van der Waals surface area contributed by atoms with Gasteiger partial charge in [0.05, 0.1) is 6.61 Å². The second kappa shape index (κ2) is 11.5. The molecule has 1 heterocycles. The fourth-order valence-electron chi connectivity index (χ4n) is 3.13. The van der Waals surface area contributed by atoms with Crippen LogP contribution < -0.4 is 5.32 Å². The maximum Gasteiger partial charge on any atom is 0.0587 e. The summed E-state index contributed by atoms with van der Waals surface area (Å²) in [4.78, 5) is 0. The highest BCUT2D eigenvalue weighted by Crippen LogP contribution is 2.35. The van der Waals surface area contributed by atoms with Gasteiger partial charge in [0.25, 0.3) is 0 Å². The molecule has 0 spiro atoms. The Labute approximate surface area is 125 Å². The minimum atomic E-state index is 0.483. The Morgan fingerprint density at radius 2 is 1.75 bits per heavy atom. The van der Waals surface area contributed by atoms with Crippen molar-refractivity contribution < 1.29 is 9.47 Å². The first-order valence-electron chi connectivity index (χ1n) is 8.60. The van der Waals surface area contributed by atoms with Crippen molar-refractivity contribution in [2.24, 2.45) is 5.41 Å². The normalized spacial score (nSPS) is 18.3. The maximum atomic E-state index is 5.56. The molecule has 0 aromatic carbocycles. The highest BCUT2D eigenvalue weighted by atomic mass is 16.5. The Kier molecular flexibility index (Phi) is 10.3. The van der Waals surface area contributed by atoms with Gasteiger partial charge in [-0.25, -0.2) is 0 Å². The van der Waals surface area contributed by atoms with E-state index in [0.29, 0.717) is 5.41 Å². The quantitative estimate of drug-likeness (QED) is 0.554. The second-order valence-electron chi connectivity index (χ2n) is 6.30. The van der Waals surface area contributed by atoms with Crippen molar-refractivity contribution in [2.75, 3.05) is 40.0 Å². The van der Waals surface area contributed by atoms with Gasteiger partial charge in [0, 0.05) is 33.4 Å². The molecule has 20 heavy (non-hydrogen) atoms. The van der Waals surface area contributed by atoms with Crippen molar-refractivity contribution in [1.29, 1.82) is 0 Å². The lowest BCUT2D eigenvalue weighted by Gasteiger charge is -2.37. The molecule has 3 nitrogen and oxygen atoms in total. The van der Waals surface area contributed by atoms with Gasteiger partial charge in [0.15, 0.2) is 0 Å². The first-order valence-corrected chi connectivity index (χ1v) is 8.60. The van der Waals surface area contributed by atoms with Crippen molar-refractivity contribution in [3.8, 4) is 0 Å². The third-order valence-corrected chi connectivity index (χ3v) is 4.60. The SMILES string of the molecule is CCCCCCCCC1(CNCCOC)CCOCC1. The molecular weight excluding hydrogens is 250 g/mol. The molecule has 1 N–H and O–H groups in total. The first kappa shape index (κ1) is 17.9. The summed E-state index contributed by atoms with van der Waals surface area (Å²) >= 11 is 0. The van der Waals surface area contributed by atoms with Crippen molar-refractivity contribution in [3.05, 3.63) is 0 Å². The highest BCUT2D eigenvalue weighted by Gasteiger charge is 2.31. The van der Waals surface area contributed by atoms with Gasteiger partial charge in [-0.15, -0.1) is 0 Å². The molecule has 0 aromatic heterocycles. The predicted octanol–water partition coefficient (Wildman–Crippen LogP) is 3.77. The Bertz CT molecular complexity index is 215. The van der Waals surface area contributed by atoms with Gasteiger partial charge in [-0.1, -0.05) is 45.4 Å². The molecule has 120 valence electrons. The molecule has 1 aliphatic heterocycles. The molecule has 1 aliphatic rings. The fraction of sp³-hybridized carbons (Fsp3) is 1.00. The van der Waals surface area contributed by atoms with Crippen LogP contribution in [0.4, 0.5) is 0 Å². The summed E-state index contributed by atoms with van der Waals surface area (Å²) in [5, 5.41) is 3.58. The van der Waals surface area contributed by atoms with Gasteiger partial charge in [0.2, 0.25) is 0 Å². The van der Waals surface area contributed by atoms with Crippen LogP contribution in [0.5, 0.6) is 0 Å². The van der Waals surface area contributed by atoms with E-state index in [1.54, 1.807) is 7.11 Å². The summed E-state index contributed by atoms with van der Waals surface area (Å²) in [5.41, 5.74) is 0.483. The van der Waals surface area contributed by atoms with E-state index in [2.05, 4.69) is 12.2 Å². The monoisotopic (exact) mass is 285 g/mol. The van der Waals surface area contributed by atoms with E-state index in [-0.39, 0.29) is 0 Å². The van der Waals surface area contributed by atoms with Crippen LogP contribution in [-0.2, 0) is 9.47 Å². The zero-order valence-electron chi connectivity index (χ0n) is 13.7. The zero-order chi connectivity index (χ0) is 14.5. The summed E-state index contributed by atoms with van der Waals surface area (Å²) < 4.78 is 10.7. The molecule has 0 atom stereocenters. The predicted molar refractivity (Wildman–Crippen MR) is 85.2 cm³/mol. The lowest BCUT2D eigenvalue weighted by atomic mass is 9.76. The second-order valence-corrected chi connectivity index (χ2v) is 6.30. The van der Waals surface area contributed by atoms with Crippen molar-refractivity contribution in [3.63, 3.8) is 0 Å². The lowest BCUT2D eigenvalue weighted by molar-refractivity contribution is 0.00854. The number of methoxy groups -OCH3 is 1. The number of rotatable bonds is 12. The number of ether oxygens (including phenoxy) is 2. The van der Waals surface area contributed by atoms with Crippen LogP contribution in [0.2, 0.25) is 0 Å². The van der Waals surface area contributed by atoms with Gasteiger partial charge in [-0.2, -0.15) is 0 Å². The molecule has 0 bridgehead atoms. The lowest BCUT2D eigenvalue weighted by Crippen LogP contribution is -2.40. The molecule has 1 rings (SSSR count). The fourth-order valence-corrected chi connectivity index (χ4v) is 3.13. The van der Waals surface area contributed by atoms with E-state index < -0.39 is 0 Å². The molecule has 0 unspecified atom stereocenters. The van der Waals surface area contributed by atoms with E-state index in [4.69, 9.17) is 9.47 Å². The largest absolute Gasteiger partial charge is 0.383 e. The number of nitrogens with one attached hydrogen (secondary N) is 1. The molecule has 3 heteroatoms. The van der Waals surface area contributed by atoms with Crippen LogP contribution in [-0.4, -0.2) is 40.0 Å². The molecule has 0 amide bonds. The average Bonchev–Trinajstić information content (AvgIpc) is 2.48. The molecular formula is C17H35NO2. The van der Waals surface area contributed by atoms with E-state index in [9.17, 15) is 0 Å².